The zero-order valence-corrected chi connectivity index (χ0v) is 21.5. The van der Waals surface area contributed by atoms with Crippen LogP contribution in [0.25, 0.3) is 11.1 Å². The van der Waals surface area contributed by atoms with E-state index in [1.807, 2.05) is 24.4 Å². The molecule has 3 aromatic carbocycles. The van der Waals surface area contributed by atoms with Gasteiger partial charge < -0.3 is 39.7 Å². The van der Waals surface area contributed by atoms with Gasteiger partial charge in [0.15, 0.2) is 11.5 Å². The van der Waals surface area contributed by atoms with Gasteiger partial charge in [-0.2, -0.15) is 0 Å². The van der Waals surface area contributed by atoms with E-state index >= 15 is 0 Å². The van der Waals surface area contributed by atoms with Gasteiger partial charge in [0, 0.05) is 42.6 Å². The molecule has 8 nitrogen and oxygen atoms in total. The first-order chi connectivity index (χ1) is 18.5. The molecule has 3 atom stereocenters. The molecule has 0 fully saturated rings. The van der Waals surface area contributed by atoms with Gasteiger partial charge in [-0.25, -0.2) is 0 Å². The summed E-state index contributed by atoms with van der Waals surface area (Å²) in [6.07, 6.45) is 4.70. The monoisotopic (exact) mass is 516 g/mol. The summed E-state index contributed by atoms with van der Waals surface area (Å²) >= 11 is 0. The maximum absolute atomic E-state index is 11.3. The zero-order valence-electron chi connectivity index (χ0n) is 21.5. The summed E-state index contributed by atoms with van der Waals surface area (Å²) in [6.45, 7) is 1.65. The number of rotatable bonds is 6. The zero-order chi connectivity index (χ0) is 26.4. The molecule has 0 bridgehead atoms. The number of nitrogens with one attached hydrogen (secondary N) is 1. The lowest BCUT2D eigenvalue weighted by Gasteiger charge is -2.38. The summed E-state index contributed by atoms with van der Waals surface area (Å²) in [7, 11) is 3.15. The number of hydrogen-bond donors (Lipinski definition) is 4. The predicted molar refractivity (Wildman–Crippen MR) is 143 cm³/mol. The molecule has 8 heteroatoms. The molecule has 3 aromatic rings. The van der Waals surface area contributed by atoms with E-state index in [0.717, 1.165) is 59.4 Å². The van der Waals surface area contributed by atoms with Crippen molar-refractivity contribution in [3.8, 4) is 39.9 Å². The SMILES string of the molecule is COc1cc([C@H]2Oc3cc(OC)c4c(c3C[C@H]2O)[C@H](CCN2C=CNC2)Cc2cc(O)ccc2-4)ccc1O. The van der Waals surface area contributed by atoms with Gasteiger partial charge in [-0.05, 0) is 65.3 Å². The van der Waals surface area contributed by atoms with Crippen molar-refractivity contribution in [2.75, 3.05) is 27.4 Å². The third-order valence-corrected chi connectivity index (χ3v) is 7.86. The lowest BCUT2D eigenvalue weighted by atomic mass is 9.73. The van der Waals surface area contributed by atoms with Crippen LogP contribution in [0.15, 0.2) is 54.9 Å². The summed E-state index contributed by atoms with van der Waals surface area (Å²) in [5, 5.41) is 34.8. The maximum atomic E-state index is 11.3. The largest absolute Gasteiger partial charge is 0.508 e. The molecule has 3 aliphatic rings. The number of fused-ring (bicyclic) bond motifs is 5. The summed E-state index contributed by atoms with van der Waals surface area (Å²) < 4.78 is 17.7. The topological polar surface area (TPSA) is 104 Å². The fourth-order valence-corrected chi connectivity index (χ4v) is 6.06. The number of ether oxygens (including phenoxy) is 3. The van der Waals surface area contributed by atoms with Crippen LogP contribution in [0.1, 0.15) is 40.7 Å². The molecule has 0 radical (unpaired) electrons. The minimum atomic E-state index is -0.790. The van der Waals surface area contributed by atoms with Crippen molar-refractivity contribution < 1.29 is 29.5 Å². The number of phenolic OH excluding ortho intramolecular Hbond substituents is 2. The number of aliphatic hydroxyl groups excluding tert-OH is 1. The Hall–Kier alpha value is -4.04. The fraction of sp³-hybridized carbons (Fsp3) is 0.333. The minimum absolute atomic E-state index is 0.0354. The molecule has 0 aromatic heterocycles. The van der Waals surface area contributed by atoms with E-state index in [-0.39, 0.29) is 17.4 Å². The fourth-order valence-electron chi connectivity index (χ4n) is 6.06. The van der Waals surface area contributed by atoms with E-state index in [2.05, 4.69) is 16.4 Å². The minimum Gasteiger partial charge on any atom is -0.508 e. The summed E-state index contributed by atoms with van der Waals surface area (Å²) in [5.41, 5.74) is 6.00. The van der Waals surface area contributed by atoms with Gasteiger partial charge in [0.1, 0.15) is 23.4 Å². The molecule has 2 aliphatic heterocycles. The van der Waals surface area contributed by atoms with Crippen LogP contribution < -0.4 is 19.5 Å². The Kier molecular flexibility index (Phi) is 6.19. The maximum Gasteiger partial charge on any atom is 0.160 e. The highest BCUT2D eigenvalue weighted by Crippen LogP contribution is 2.53. The molecule has 0 spiro atoms. The van der Waals surface area contributed by atoms with E-state index in [4.69, 9.17) is 14.2 Å². The number of hydrogen-bond acceptors (Lipinski definition) is 8. The van der Waals surface area contributed by atoms with E-state index in [1.165, 1.54) is 7.11 Å². The molecule has 6 rings (SSSR count). The highest BCUT2D eigenvalue weighted by molar-refractivity contribution is 5.83. The van der Waals surface area contributed by atoms with E-state index in [9.17, 15) is 15.3 Å². The summed E-state index contributed by atoms with van der Waals surface area (Å²) in [6, 6.07) is 12.4. The van der Waals surface area contributed by atoms with Crippen LogP contribution in [0.3, 0.4) is 0 Å². The average Bonchev–Trinajstić information content (AvgIpc) is 3.45. The molecule has 1 aliphatic carbocycles. The third kappa shape index (κ3) is 4.15. The Morgan fingerprint density at radius 1 is 1.03 bits per heavy atom. The number of benzene rings is 3. The van der Waals surface area contributed by atoms with Crippen LogP contribution in [0.2, 0.25) is 0 Å². The predicted octanol–water partition coefficient (Wildman–Crippen LogP) is 4.18. The molecule has 2 heterocycles. The standard InChI is InChI=1S/C30H32N2O6/c1-36-26-13-18(3-6-23(26)34)30-24(35)14-22-25(38-30)15-27(37-2)29-21-5-4-20(33)12-19(21)11-17(28(22)29)7-9-32-10-8-31-16-32/h3-6,8,10,12-13,15,17,24,30-31,33-35H,7,9,11,14,16H2,1-2H3/t17-,24-,30-/m1/s1. The average molecular weight is 517 g/mol. The van der Waals surface area contributed by atoms with E-state index in [1.54, 1.807) is 31.4 Å². The first kappa shape index (κ1) is 24.3. The summed E-state index contributed by atoms with van der Waals surface area (Å²) in [4.78, 5) is 2.24. The second-order valence-electron chi connectivity index (χ2n) is 10.1. The van der Waals surface area contributed by atoms with Crippen LogP contribution in [-0.4, -0.2) is 53.8 Å². The molecule has 4 N–H and O–H groups in total. The molecule has 0 saturated carbocycles. The van der Waals surface area contributed by atoms with E-state index < -0.39 is 12.2 Å². The lowest BCUT2D eigenvalue weighted by Crippen LogP contribution is -2.32. The van der Waals surface area contributed by atoms with Crippen LogP contribution in [-0.2, 0) is 12.8 Å². The Morgan fingerprint density at radius 3 is 2.63 bits per heavy atom. The van der Waals surface area contributed by atoms with Gasteiger partial charge in [-0.3, -0.25) is 0 Å². The smallest absolute Gasteiger partial charge is 0.160 e. The molecule has 0 amide bonds. The molecule has 0 saturated heterocycles. The van der Waals surface area contributed by atoms with Crippen molar-refractivity contribution in [1.29, 1.82) is 0 Å². The van der Waals surface area contributed by atoms with Crippen LogP contribution in [0.5, 0.6) is 28.7 Å². The number of phenols is 2. The summed E-state index contributed by atoms with van der Waals surface area (Å²) in [5.74, 6) is 2.17. The quantitative estimate of drug-likeness (QED) is 0.387. The van der Waals surface area contributed by atoms with Gasteiger partial charge in [0.25, 0.3) is 0 Å². The van der Waals surface area contributed by atoms with Crippen LogP contribution in [0.4, 0.5) is 0 Å². The second kappa shape index (κ2) is 9.68. The Morgan fingerprint density at radius 2 is 1.87 bits per heavy atom. The Bertz CT molecular complexity index is 1400. The molecule has 198 valence electrons. The first-order valence-corrected chi connectivity index (χ1v) is 12.9. The molecule has 0 unspecified atom stereocenters. The van der Waals surface area contributed by atoms with Gasteiger partial charge in [-0.1, -0.05) is 12.1 Å². The van der Waals surface area contributed by atoms with Crippen LogP contribution >= 0.6 is 0 Å². The lowest BCUT2D eigenvalue weighted by molar-refractivity contribution is 0.0201. The molecular formula is C30H32N2O6. The van der Waals surface area contributed by atoms with Gasteiger partial charge in [0.2, 0.25) is 0 Å². The number of methoxy groups -OCH3 is 2. The normalized spacial score (nSPS) is 21.1. The number of aromatic hydroxyl groups is 2. The van der Waals surface area contributed by atoms with Crippen molar-refractivity contribution in [3.05, 3.63) is 77.1 Å². The highest BCUT2D eigenvalue weighted by Gasteiger charge is 2.38. The van der Waals surface area contributed by atoms with Gasteiger partial charge in [0.05, 0.1) is 27.0 Å². The van der Waals surface area contributed by atoms with Crippen LogP contribution in [0, 0.1) is 0 Å². The van der Waals surface area contributed by atoms with Crippen molar-refractivity contribution in [2.24, 2.45) is 0 Å². The Balaban J connectivity index is 1.45. The Labute approximate surface area is 221 Å². The van der Waals surface area contributed by atoms with Crippen molar-refractivity contribution >= 4 is 0 Å². The highest BCUT2D eigenvalue weighted by atomic mass is 16.5. The third-order valence-electron chi connectivity index (χ3n) is 7.86. The van der Waals surface area contributed by atoms with Gasteiger partial charge >= 0.3 is 0 Å². The molecular weight excluding hydrogens is 484 g/mol. The molecule has 38 heavy (non-hydrogen) atoms. The van der Waals surface area contributed by atoms with Crippen molar-refractivity contribution in [2.45, 2.75) is 37.4 Å². The van der Waals surface area contributed by atoms with Gasteiger partial charge in [-0.15, -0.1) is 0 Å². The van der Waals surface area contributed by atoms with Crippen molar-refractivity contribution in [1.82, 2.24) is 10.2 Å². The van der Waals surface area contributed by atoms with Crippen molar-refractivity contribution in [3.63, 3.8) is 0 Å². The first-order valence-electron chi connectivity index (χ1n) is 12.9. The van der Waals surface area contributed by atoms with E-state index in [0.29, 0.717) is 23.7 Å². The number of nitrogens with zero attached hydrogens (tertiary/aromatic N) is 1. The second-order valence-corrected chi connectivity index (χ2v) is 10.1. The number of aliphatic hydroxyl groups is 1.